The van der Waals surface area contributed by atoms with E-state index in [0.717, 1.165) is 25.7 Å². The molecule has 2 heteroatoms. The van der Waals surface area contributed by atoms with Crippen molar-refractivity contribution in [3.63, 3.8) is 0 Å². The zero-order chi connectivity index (χ0) is 10.6. The van der Waals surface area contributed by atoms with Gasteiger partial charge >= 0.3 is 5.97 Å². The van der Waals surface area contributed by atoms with E-state index in [9.17, 15) is 4.79 Å². The van der Waals surface area contributed by atoms with Crippen molar-refractivity contribution in [1.82, 2.24) is 0 Å². The van der Waals surface area contributed by atoms with Crippen molar-refractivity contribution in [1.29, 1.82) is 0 Å². The number of esters is 1. The van der Waals surface area contributed by atoms with Gasteiger partial charge in [0.05, 0.1) is 12.0 Å². The van der Waals surface area contributed by atoms with Gasteiger partial charge in [-0.05, 0) is 31.6 Å². The Hall–Kier alpha value is -0.790. The first-order valence-electron chi connectivity index (χ1n) is 5.39. The first-order valence-corrected chi connectivity index (χ1v) is 5.39. The van der Waals surface area contributed by atoms with E-state index in [2.05, 4.69) is 20.4 Å². The molecule has 0 aromatic heterocycles. The molecule has 0 aromatic carbocycles. The molecule has 0 saturated carbocycles. The fourth-order valence-electron chi connectivity index (χ4n) is 2.34. The summed E-state index contributed by atoms with van der Waals surface area (Å²) in [6.07, 6.45) is 5.46. The molecule has 0 spiro atoms. The Morgan fingerprint density at radius 2 is 2.36 bits per heavy atom. The highest BCUT2D eigenvalue weighted by Crippen LogP contribution is 2.39. The predicted octanol–water partition coefficient (Wildman–Crippen LogP) is 2.93. The lowest BCUT2D eigenvalue weighted by molar-refractivity contribution is -0.163. The zero-order valence-electron chi connectivity index (χ0n) is 9.21. The smallest absolute Gasteiger partial charge is 0.312 e. The van der Waals surface area contributed by atoms with Crippen LogP contribution in [0.5, 0.6) is 0 Å². The molecule has 0 bridgehead atoms. The van der Waals surface area contributed by atoms with Gasteiger partial charge in [-0.3, -0.25) is 4.79 Å². The summed E-state index contributed by atoms with van der Waals surface area (Å²) in [5.41, 5.74) is -0.270. The van der Waals surface area contributed by atoms with E-state index in [1.165, 1.54) is 0 Å². The third-order valence-electron chi connectivity index (χ3n) is 2.80. The van der Waals surface area contributed by atoms with Crippen LogP contribution in [0.3, 0.4) is 0 Å². The third kappa shape index (κ3) is 2.37. The van der Waals surface area contributed by atoms with Gasteiger partial charge in [0.25, 0.3) is 0 Å². The first kappa shape index (κ1) is 11.3. The summed E-state index contributed by atoms with van der Waals surface area (Å²) >= 11 is 0. The fraction of sp³-hybridized carbons (Fsp3) is 0.750. The van der Waals surface area contributed by atoms with Crippen molar-refractivity contribution < 1.29 is 9.53 Å². The van der Waals surface area contributed by atoms with Crippen LogP contribution in [0.4, 0.5) is 0 Å². The topological polar surface area (TPSA) is 26.3 Å². The molecule has 0 N–H and O–H groups in total. The van der Waals surface area contributed by atoms with E-state index in [0.29, 0.717) is 12.5 Å². The molecule has 1 aliphatic heterocycles. The highest BCUT2D eigenvalue weighted by Gasteiger charge is 2.41. The van der Waals surface area contributed by atoms with Crippen molar-refractivity contribution in [3.8, 4) is 0 Å². The summed E-state index contributed by atoms with van der Waals surface area (Å²) in [5, 5.41) is 0. The molecule has 1 fully saturated rings. The molecule has 0 aliphatic carbocycles. The van der Waals surface area contributed by atoms with Crippen molar-refractivity contribution in [2.24, 2.45) is 11.3 Å². The van der Waals surface area contributed by atoms with E-state index in [4.69, 9.17) is 4.74 Å². The molecule has 1 heterocycles. The predicted molar refractivity (Wildman–Crippen MR) is 56.9 cm³/mol. The Kier molecular flexibility index (Phi) is 3.73. The van der Waals surface area contributed by atoms with Crippen molar-refractivity contribution in [2.75, 3.05) is 6.61 Å². The van der Waals surface area contributed by atoms with E-state index in [-0.39, 0.29) is 11.4 Å². The second kappa shape index (κ2) is 4.63. The van der Waals surface area contributed by atoms with Gasteiger partial charge in [-0.1, -0.05) is 19.9 Å². The van der Waals surface area contributed by atoms with Gasteiger partial charge in [0.2, 0.25) is 0 Å². The number of hydrogen-bond acceptors (Lipinski definition) is 2. The lowest BCUT2D eigenvalue weighted by Crippen LogP contribution is -2.38. The quantitative estimate of drug-likeness (QED) is 0.510. The van der Waals surface area contributed by atoms with Crippen LogP contribution in [0.2, 0.25) is 0 Å². The summed E-state index contributed by atoms with van der Waals surface area (Å²) in [4.78, 5) is 11.8. The van der Waals surface area contributed by atoms with E-state index >= 15 is 0 Å². The Labute approximate surface area is 86.3 Å². The van der Waals surface area contributed by atoms with Crippen LogP contribution < -0.4 is 0 Å². The van der Waals surface area contributed by atoms with E-state index < -0.39 is 0 Å². The van der Waals surface area contributed by atoms with Crippen LogP contribution >= 0.6 is 0 Å². The highest BCUT2D eigenvalue weighted by molar-refractivity contribution is 5.77. The Balaban J connectivity index is 2.77. The number of carbonyl (C=O) groups excluding carboxylic acids is 1. The van der Waals surface area contributed by atoms with Gasteiger partial charge in [-0.25, -0.2) is 0 Å². The van der Waals surface area contributed by atoms with Gasteiger partial charge in [0, 0.05) is 0 Å². The molecule has 1 aliphatic rings. The van der Waals surface area contributed by atoms with E-state index in [1.54, 1.807) is 0 Å². The Morgan fingerprint density at radius 1 is 1.64 bits per heavy atom. The normalized spacial score (nSPS) is 27.5. The van der Waals surface area contributed by atoms with Gasteiger partial charge in [-0.15, -0.1) is 6.58 Å². The van der Waals surface area contributed by atoms with Crippen molar-refractivity contribution in [3.05, 3.63) is 12.7 Å². The Bertz CT molecular complexity index is 220. The van der Waals surface area contributed by atoms with Crippen LogP contribution in [-0.4, -0.2) is 12.6 Å². The molecule has 14 heavy (non-hydrogen) atoms. The van der Waals surface area contributed by atoms with Crippen LogP contribution in [0.25, 0.3) is 0 Å². The number of carbonyl (C=O) groups is 1. The highest BCUT2D eigenvalue weighted by atomic mass is 16.5. The van der Waals surface area contributed by atoms with Crippen LogP contribution in [-0.2, 0) is 9.53 Å². The summed E-state index contributed by atoms with van der Waals surface area (Å²) in [6, 6.07) is 0. The molecule has 0 aromatic rings. The molecular formula is C12H20O2. The summed E-state index contributed by atoms with van der Waals surface area (Å²) in [7, 11) is 0. The maximum Gasteiger partial charge on any atom is 0.312 e. The summed E-state index contributed by atoms with van der Waals surface area (Å²) < 4.78 is 5.16. The van der Waals surface area contributed by atoms with Crippen molar-refractivity contribution in [2.45, 2.75) is 39.5 Å². The SMILES string of the molecule is C=CC[C@]1(CC(C)C)CCCOC1=O. The number of rotatable bonds is 4. The molecule has 0 unspecified atom stereocenters. The van der Waals surface area contributed by atoms with Gasteiger partial charge in [0.15, 0.2) is 0 Å². The van der Waals surface area contributed by atoms with Crippen molar-refractivity contribution >= 4 is 5.97 Å². The molecular weight excluding hydrogens is 176 g/mol. The Morgan fingerprint density at radius 3 is 2.86 bits per heavy atom. The molecule has 2 nitrogen and oxygen atoms in total. The minimum absolute atomic E-state index is 0.0163. The molecule has 80 valence electrons. The minimum Gasteiger partial charge on any atom is -0.465 e. The van der Waals surface area contributed by atoms with E-state index in [1.807, 2.05) is 6.08 Å². The molecule has 0 radical (unpaired) electrons. The second-order valence-electron chi connectivity index (χ2n) is 4.61. The second-order valence-corrected chi connectivity index (χ2v) is 4.61. The average molecular weight is 196 g/mol. The monoisotopic (exact) mass is 196 g/mol. The molecule has 1 atom stereocenters. The standard InChI is InChI=1S/C12H20O2/c1-4-6-12(9-10(2)3)7-5-8-14-11(12)13/h4,10H,1,5-9H2,2-3H3/t12-/m1/s1. The fourth-order valence-corrected chi connectivity index (χ4v) is 2.34. The van der Waals surface area contributed by atoms with Gasteiger partial charge in [-0.2, -0.15) is 0 Å². The number of ether oxygens (including phenoxy) is 1. The van der Waals surface area contributed by atoms with Gasteiger partial charge in [0.1, 0.15) is 0 Å². The minimum atomic E-state index is -0.270. The third-order valence-corrected chi connectivity index (χ3v) is 2.80. The number of hydrogen-bond donors (Lipinski definition) is 0. The maximum atomic E-state index is 11.8. The first-order chi connectivity index (χ1) is 6.60. The lowest BCUT2D eigenvalue weighted by atomic mass is 9.73. The number of allylic oxidation sites excluding steroid dienone is 1. The largest absolute Gasteiger partial charge is 0.465 e. The lowest BCUT2D eigenvalue weighted by Gasteiger charge is -2.35. The number of cyclic esters (lactones) is 1. The summed E-state index contributed by atoms with van der Waals surface area (Å²) in [5.74, 6) is 0.512. The average Bonchev–Trinajstić information content (AvgIpc) is 2.09. The van der Waals surface area contributed by atoms with Crippen LogP contribution in [0.1, 0.15) is 39.5 Å². The molecule has 1 saturated heterocycles. The molecule has 0 amide bonds. The maximum absolute atomic E-state index is 11.8. The zero-order valence-corrected chi connectivity index (χ0v) is 9.21. The van der Waals surface area contributed by atoms with Crippen LogP contribution in [0, 0.1) is 11.3 Å². The molecule has 1 rings (SSSR count). The van der Waals surface area contributed by atoms with Gasteiger partial charge < -0.3 is 4.74 Å². The van der Waals surface area contributed by atoms with Crippen LogP contribution in [0.15, 0.2) is 12.7 Å². The summed E-state index contributed by atoms with van der Waals surface area (Å²) in [6.45, 7) is 8.62.